The zero-order chi connectivity index (χ0) is 39.2. The molecule has 8 heteroatoms. The van der Waals surface area contributed by atoms with Crippen molar-refractivity contribution < 1.29 is 38.0 Å². The molecule has 0 aromatic heterocycles. The van der Waals surface area contributed by atoms with Gasteiger partial charge in [-0.15, -0.1) is 0 Å². The number of rotatable bonds is 4. The fourth-order valence-electron chi connectivity index (χ4n) is 13.2. The second-order valence-electron chi connectivity index (χ2n) is 20.1. The minimum atomic E-state index is -0.514. The number of hydrogen-bond acceptors (Lipinski definition) is 8. The van der Waals surface area contributed by atoms with Gasteiger partial charge >= 0.3 is 11.9 Å². The highest BCUT2D eigenvalue weighted by molar-refractivity contribution is 5.92. The molecule has 8 aliphatic rings. The summed E-state index contributed by atoms with van der Waals surface area (Å²) < 4.78 is 34.8. The monoisotopic (exact) mass is 744 g/mol. The summed E-state index contributed by atoms with van der Waals surface area (Å²) in [5, 5.41) is 0. The van der Waals surface area contributed by atoms with Gasteiger partial charge in [0, 0.05) is 24.0 Å². The van der Waals surface area contributed by atoms with Gasteiger partial charge in [-0.05, 0) is 124 Å². The molecule has 4 aliphatic carbocycles. The van der Waals surface area contributed by atoms with Crippen LogP contribution in [0.15, 0.2) is 71.6 Å². The Morgan fingerprint density at radius 1 is 0.611 bits per heavy atom. The van der Waals surface area contributed by atoms with Crippen LogP contribution in [0.1, 0.15) is 133 Å². The molecule has 0 bridgehead atoms. The molecule has 6 fully saturated rings. The summed E-state index contributed by atoms with van der Waals surface area (Å²) in [7, 11) is 0. The average Bonchev–Trinajstić information content (AvgIpc) is 3.73. The third-order valence-corrected chi connectivity index (χ3v) is 15.5. The predicted molar refractivity (Wildman–Crippen MR) is 207 cm³/mol. The fraction of sp³-hybridized carbons (Fsp3) is 0.696. The molecule has 2 unspecified atom stereocenters. The van der Waals surface area contributed by atoms with Crippen molar-refractivity contribution >= 4 is 11.9 Å². The molecule has 54 heavy (non-hydrogen) atoms. The minimum Gasteiger partial charge on any atom is -0.458 e. The first-order valence-electron chi connectivity index (χ1n) is 20.4. The van der Waals surface area contributed by atoms with E-state index in [1.807, 2.05) is 26.0 Å². The van der Waals surface area contributed by atoms with E-state index in [0.29, 0.717) is 34.5 Å². The first-order valence-corrected chi connectivity index (χ1v) is 20.4. The zero-order valence-corrected chi connectivity index (χ0v) is 34.5. The molecule has 8 rings (SSSR count). The Balaban J connectivity index is 0.000000167. The summed E-state index contributed by atoms with van der Waals surface area (Å²) in [5.41, 5.74) is 3.09. The largest absolute Gasteiger partial charge is 0.458 e. The maximum Gasteiger partial charge on any atom is 0.338 e. The van der Waals surface area contributed by atoms with Crippen molar-refractivity contribution in [2.45, 2.75) is 157 Å². The molecule has 4 saturated carbocycles. The van der Waals surface area contributed by atoms with Gasteiger partial charge < -0.3 is 28.4 Å². The second kappa shape index (κ2) is 13.1. The van der Waals surface area contributed by atoms with E-state index in [-0.39, 0.29) is 45.4 Å². The smallest absolute Gasteiger partial charge is 0.338 e. The van der Waals surface area contributed by atoms with E-state index < -0.39 is 23.8 Å². The van der Waals surface area contributed by atoms with E-state index in [9.17, 15) is 9.59 Å². The van der Waals surface area contributed by atoms with Gasteiger partial charge in [-0.2, -0.15) is 0 Å². The van der Waals surface area contributed by atoms with Crippen LogP contribution in [0.3, 0.4) is 0 Å². The Bertz CT molecular complexity index is 1620. The van der Waals surface area contributed by atoms with E-state index in [1.54, 1.807) is 12.5 Å². The van der Waals surface area contributed by atoms with Crippen molar-refractivity contribution in [3.63, 3.8) is 0 Å². The number of carbonyl (C=O) groups is 2. The Morgan fingerprint density at radius 3 is 1.31 bits per heavy atom. The van der Waals surface area contributed by atoms with Crippen molar-refractivity contribution in [3.05, 3.63) is 71.6 Å². The van der Waals surface area contributed by atoms with Crippen molar-refractivity contribution in [2.24, 2.45) is 45.3 Å². The van der Waals surface area contributed by atoms with E-state index in [2.05, 4.69) is 68.5 Å². The lowest BCUT2D eigenvalue weighted by atomic mass is 9.45. The molecule has 4 heterocycles. The molecule has 0 N–H and O–H groups in total. The van der Waals surface area contributed by atoms with Gasteiger partial charge in [0.15, 0.2) is 0 Å². The number of fused-ring (bicyclic) bond motifs is 6. The standard InChI is InChI=1S/2C23H32O4/c2*1-14-12-18(26-15(14)2)25-13-16-19-22(5)10-7-9-21(3,4)17(22)8-11-23(19,6)27-20(16)24/h2*12-13,17-19H,2,7-11H2,1,3-6H3/b2*16-13+/t2*17-,18?,19+,22-,23+/m10/s1. The van der Waals surface area contributed by atoms with E-state index in [4.69, 9.17) is 28.4 Å². The summed E-state index contributed by atoms with van der Waals surface area (Å²) >= 11 is 0. The summed E-state index contributed by atoms with van der Waals surface area (Å²) in [5.74, 6) is 2.07. The lowest BCUT2D eigenvalue weighted by Crippen LogP contribution is -2.56. The Hall–Kier alpha value is -3.42. The highest BCUT2D eigenvalue weighted by Crippen LogP contribution is 2.67. The topological polar surface area (TPSA) is 89.5 Å². The van der Waals surface area contributed by atoms with Crippen LogP contribution in [0, 0.1) is 45.3 Å². The lowest BCUT2D eigenvalue weighted by Gasteiger charge is -2.59. The van der Waals surface area contributed by atoms with Gasteiger partial charge in [-0.3, -0.25) is 0 Å². The lowest BCUT2D eigenvalue weighted by molar-refractivity contribution is -0.165. The maximum absolute atomic E-state index is 12.8. The quantitative estimate of drug-likeness (QED) is 0.160. The number of allylic oxidation sites excluding steroid dienone is 2. The van der Waals surface area contributed by atoms with Gasteiger partial charge in [-0.25, -0.2) is 9.59 Å². The number of ether oxygens (including phenoxy) is 6. The molecule has 0 amide bonds. The number of carbonyl (C=O) groups excluding carboxylic acids is 2. The fourth-order valence-corrected chi connectivity index (χ4v) is 13.2. The van der Waals surface area contributed by atoms with E-state index in [1.165, 1.54) is 25.7 Å². The zero-order valence-electron chi connectivity index (χ0n) is 34.5. The van der Waals surface area contributed by atoms with Crippen LogP contribution in [0.5, 0.6) is 0 Å². The Labute approximate surface area is 323 Å². The van der Waals surface area contributed by atoms with Crippen molar-refractivity contribution in [1.82, 2.24) is 0 Å². The van der Waals surface area contributed by atoms with Crippen molar-refractivity contribution in [2.75, 3.05) is 0 Å². The van der Waals surface area contributed by atoms with Gasteiger partial charge in [0.1, 0.15) is 22.7 Å². The van der Waals surface area contributed by atoms with Crippen LogP contribution in [-0.4, -0.2) is 35.7 Å². The average molecular weight is 745 g/mol. The summed E-state index contributed by atoms with van der Waals surface area (Å²) in [6.45, 7) is 30.1. The van der Waals surface area contributed by atoms with Crippen LogP contribution >= 0.6 is 0 Å². The van der Waals surface area contributed by atoms with E-state index >= 15 is 0 Å². The van der Waals surface area contributed by atoms with Crippen LogP contribution in [-0.2, 0) is 38.0 Å². The molecular weight excluding hydrogens is 680 g/mol. The van der Waals surface area contributed by atoms with Crippen molar-refractivity contribution in [1.29, 1.82) is 0 Å². The van der Waals surface area contributed by atoms with Crippen LogP contribution < -0.4 is 0 Å². The van der Waals surface area contributed by atoms with E-state index in [0.717, 1.165) is 49.7 Å². The molecule has 296 valence electrons. The van der Waals surface area contributed by atoms with Gasteiger partial charge in [-0.1, -0.05) is 67.5 Å². The molecule has 0 aromatic rings. The number of hydrogen-bond donors (Lipinski definition) is 0. The summed E-state index contributed by atoms with van der Waals surface area (Å²) in [6.07, 6.45) is 17.2. The minimum absolute atomic E-state index is 0.0436. The molecule has 0 spiro atoms. The van der Waals surface area contributed by atoms with Gasteiger partial charge in [0.05, 0.1) is 23.7 Å². The highest BCUT2D eigenvalue weighted by Gasteiger charge is 2.66. The summed E-state index contributed by atoms with van der Waals surface area (Å²) in [6, 6.07) is 0. The molecule has 4 aliphatic heterocycles. The highest BCUT2D eigenvalue weighted by atomic mass is 16.7. The predicted octanol–water partition coefficient (Wildman–Crippen LogP) is 10.5. The molecule has 0 radical (unpaired) electrons. The third kappa shape index (κ3) is 6.26. The molecule has 10 atom stereocenters. The molecular formula is C46H64O8. The molecule has 0 aromatic carbocycles. The van der Waals surface area contributed by atoms with Gasteiger partial charge in [0.2, 0.25) is 0 Å². The second-order valence-corrected chi connectivity index (χ2v) is 20.1. The van der Waals surface area contributed by atoms with Gasteiger partial charge in [0.25, 0.3) is 12.6 Å². The number of esters is 2. The van der Waals surface area contributed by atoms with Crippen LogP contribution in [0.2, 0.25) is 0 Å². The SMILES string of the molecule is C=C1OC(O/C=C2/C(=O)O[C@@]3(C)CC[C@@H]4C(C)(C)CCC[C@@]4(C)[C@H]23)C=C1C.C=C1OC(O/C=C2/C(=O)O[C@]3(C)CC[C@H]4C(C)(C)CCC[C@]4(C)[C@@H]23)C=C1C. The van der Waals surface area contributed by atoms with Crippen LogP contribution in [0.4, 0.5) is 0 Å². The van der Waals surface area contributed by atoms with Crippen LogP contribution in [0.25, 0.3) is 0 Å². The Kier molecular flexibility index (Phi) is 9.41. The normalized spacial score (nSPS) is 44.3. The Morgan fingerprint density at radius 2 is 0.981 bits per heavy atom. The first-order chi connectivity index (χ1) is 25.1. The maximum atomic E-state index is 12.8. The van der Waals surface area contributed by atoms with Crippen molar-refractivity contribution in [3.8, 4) is 0 Å². The molecule has 8 nitrogen and oxygen atoms in total. The first kappa shape index (κ1) is 38.8. The summed E-state index contributed by atoms with van der Waals surface area (Å²) in [4.78, 5) is 25.6. The molecule has 2 saturated heterocycles. The third-order valence-electron chi connectivity index (χ3n) is 15.5.